The third kappa shape index (κ3) is 5.48. The summed E-state index contributed by atoms with van der Waals surface area (Å²) in [5, 5.41) is 0. The highest BCUT2D eigenvalue weighted by Gasteiger charge is 2.08. The van der Waals surface area contributed by atoms with Gasteiger partial charge in [-0.3, -0.25) is 0 Å². The van der Waals surface area contributed by atoms with E-state index in [4.69, 9.17) is 14.2 Å². The van der Waals surface area contributed by atoms with Gasteiger partial charge < -0.3 is 14.2 Å². The molecule has 4 heteroatoms. The van der Waals surface area contributed by atoms with Crippen molar-refractivity contribution in [3.8, 4) is 17.2 Å². The summed E-state index contributed by atoms with van der Waals surface area (Å²) in [6.45, 7) is 3.92. The van der Waals surface area contributed by atoms with Crippen LogP contribution in [0.1, 0.15) is 12.5 Å². The van der Waals surface area contributed by atoms with Crippen molar-refractivity contribution in [2.45, 2.75) is 13.8 Å². The molecule has 0 amide bonds. The van der Waals surface area contributed by atoms with Gasteiger partial charge in [-0.15, -0.1) is 0 Å². The Balaban J connectivity index is 1.87. The van der Waals surface area contributed by atoms with Crippen LogP contribution in [0, 0.1) is 6.92 Å². The van der Waals surface area contributed by atoms with Crippen LogP contribution >= 0.6 is 0 Å². The molecule has 0 aliphatic carbocycles. The van der Waals surface area contributed by atoms with E-state index in [1.54, 1.807) is 13.4 Å². The molecule has 3 aromatic carbocycles. The topological polar surface area (TPSA) is 40.0 Å². The molecule has 0 bridgehead atoms. The highest BCUT2D eigenvalue weighted by atomic mass is 16.5. The highest BCUT2D eigenvalue weighted by molar-refractivity contribution is 5.96. The molecule has 0 N–H and O–H groups in total. The van der Waals surface area contributed by atoms with Crippen molar-refractivity contribution in [2.75, 3.05) is 7.11 Å². The monoisotopic (exact) mass is 373 g/mol. The van der Waals surface area contributed by atoms with E-state index in [0.29, 0.717) is 11.6 Å². The lowest BCUT2D eigenvalue weighted by atomic mass is 10.2. The zero-order chi connectivity index (χ0) is 19.8. The maximum atomic E-state index is 6.07. The normalized spacial score (nSPS) is 11.8. The van der Waals surface area contributed by atoms with Crippen molar-refractivity contribution in [1.82, 2.24) is 0 Å². The van der Waals surface area contributed by atoms with Gasteiger partial charge in [0.2, 0.25) is 5.90 Å². The molecule has 28 heavy (non-hydrogen) atoms. The Morgan fingerprint density at radius 3 is 2.29 bits per heavy atom. The molecule has 0 aliphatic rings. The fourth-order valence-electron chi connectivity index (χ4n) is 2.48. The second-order valence-corrected chi connectivity index (χ2v) is 6.27. The minimum absolute atomic E-state index is 0.472. The first kappa shape index (κ1) is 19.2. The minimum Gasteiger partial charge on any atom is -0.497 e. The number of para-hydroxylation sites is 1. The Bertz CT molecular complexity index is 978. The summed E-state index contributed by atoms with van der Waals surface area (Å²) in [6, 6.07) is 25.0. The number of rotatable bonds is 6. The van der Waals surface area contributed by atoms with Crippen LogP contribution in [0.3, 0.4) is 0 Å². The zero-order valence-electron chi connectivity index (χ0n) is 16.3. The molecule has 0 unspecified atom stereocenters. The summed E-state index contributed by atoms with van der Waals surface area (Å²) in [5.74, 6) is 2.61. The molecule has 3 rings (SSSR count). The average molecular weight is 373 g/mol. The second kappa shape index (κ2) is 9.42. The largest absolute Gasteiger partial charge is 0.497 e. The first-order chi connectivity index (χ1) is 13.6. The number of benzene rings is 3. The highest BCUT2D eigenvalue weighted by Crippen LogP contribution is 2.21. The van der Waals surface area contributed by atoms with Crippen molar-refractivity contribution in [3.63, 3.8) is 0 Å². The molecular weight excluding hydrogens is 350 g/mol. The molecular formula is C24H23NO3. The lowest BCUT2D eigenvalue weighted by Gasteiger charge is -2.11. The van der Waals surface area contributed by atoms with Crippen LogP contribution in [0.5, 0.6) is 17.2 Å². The van der Waals surface area contributed by atoms with E-state index in [1.165, 1.54) is 0 Å². The van der Waals surface area contributed by atoms with Crippen LogP contribution in [-0.2, 0) is 0 Å². The average Bonchev–Trinajstić information content (AvgIpc) is 2.72. The number of hydrogen-bond donors (Lipinski definition) is 0. The quantitative estimate of drug-likeness (QED) is 0.298. The van der Waals surface area contributed by atoms with Gasteiger partial charge in [-0.25, -0.2) is 4.99 Å². The smallest absolute Gasteiger partial charge is 0.225 e. The van der Waals surface area contributed by atoms with Gasteiger partial charge in [0.1, 0.15) is 17.2 Å². The fraction of sp³-hybridized carbons (Fsp3) is 0.125. The summed E-state index contributed by atoms with van der Waals surface area (Å²) in [6.07, 6.45) is 1.63. The van der Waals surface area contributed by atoms with Crippen molar-refractivity contribution in [1.29, 1.82) is 0 Å². The predicted molar refractivity (Wildman–Crippen MR) is 113 cm³/mol. The number of methoxy groups -OCH3 is 1. The van der Waals surface area contributed by atoms with Gasteiger partial charge in [-0.05, 0) is 55.8 Å². The predicted octanol–water partition coefficient (Wildman–Crippen LogP) is 6.10. The molecule has 0 saturated carbocycles. The van der Waals surface area contributed by atoms with Gasteiger partial charge in [0.25, 0.3) is 0 Å². The van der Waals surface area contributed by atoms with Crippen LogP contribution in [-0.4, -0.2) is 13.0 Å². The molecule has 3 aromatic rings. The van der Waals surface area contributed by atoms with Gasteiger partial charge in [0, 0.05) is 11.6 Å². The summed E-state index contributed by atoms with van der Waals surface area (Å²) in [4.78, 5) is 4.65. The molecule has 0 heterocycles. The SMILES string of the molecule is COc1cccc(OC=C(C)C(=Nc2ccccc2)Oc2cccc(C)c2)c1. The van der Waals surface area contributed by atoms with E-state index in [2.05, 4.69) is 4.99 Å². The molecule has 142 valence electrons. The van der Waals surface area contributed by atoms with E-state index in [1.807, 2.05) is 92.7 Å². The number of ether oxygens (including phenoxy) is 3. The summed E-state index contributed by atoms with van der Waals surface area (Å²) in [5.41, 5.74) is 2.68. The molecule has 0 spiro atoms. The minimum atomic E-state index is 0.472. The van der Waals surface area contributed by atoms with E-state index in [9.17, 15) is 0 Å². The van der Waals surface area contributed by atoms with E-state index in [-0.39, 0.29) is 0 Å². The van der Waals surface area contributed by atoms with Gasteiger partial charge in [0.05, 0.1) is 19.1 Å². The zero-order valence-corrected chi connectivity index (χ0v) is 16.3. The Morgan fingerprint density at radius 1 is 0.821 bits per heavy atom. The van der Waals surface area contributed by atoms with Crippen molar-refractivity contribution >= 4 is 11.6 Å². The van der Waals surface area contributed by atoms with E-state index >= 15 is 0 Å². The van der Waals surface area contributed by atoms with Gasteiger partial charge in [-0.1, -0.05) is 36.4 Å². The molecule has 0 radical (unpaired) electrons. The van der Waals surface area contributed by atoms with Crippen molar-refractivity contribution in [2.24, 2.45) is 4.99 Å². The molecule has 0 saturated heterocycles. The molecule has 0 fully saturated rings. The molecule has 4 nitrogen and oxygen atoms in total. The Morgan fingerprint density at radius 2 is 1.54 bits per heavy atom. The summed E-state index contributed by atoms with van der Waals surface area (Å²) >= 11 is 0. The van der Waals surface area contributed by atoms with Crippen LogP contribution in [0.4, 0.5) is 5.69 Å². The van der Waals surface area contributed by atoms with E-state index in [0.717, 1.165) is 28.3 Å². The second-order valence-electron chi connectivity index (χ2n) is 6.27. The Hall–Kier alpha value is -3.53. The van der Waals surface area contributed by atoms with Crippen molar-refractivity contribution in [3.05, 3.63) is 96.3 Å². The fourth-order valence-corrected chi connectivity index (χ4v) is 2.48. The van der Waals surface area contributed by atoms with Crippen LogP contribution in [0.2, 0.25) is 0 Å². The lowest BCUT2D eigenvalue weighted by Crippen LogP contribution is -2.11. The Kier molecular flexibility index (Phi) is 6.47. The maximum Gasteiger partial charge on any atom is 0.225 e. The van der Waals surface area contributed by atoms with Crippen LogP contribution < -0.4 is 14.2 Å². The molecule has 0 aliphatic heterocycles. The van der Waals surface area contributed by atoms with Crippen LogP contribution in [0.15, 0.2) is 95.7 Å². The summed E-state index contributed by atoms with van der Waals surface area (Å²) in [7, 11) is 1.63. The van der Waals surface area contributed by atoms with Crippen LogP contribution in [0.25, 0.3) is 0 Å². The number of aryl methyl sites for hydroxylation is 1. The first-order valence-electron chi connectivity index (χ1n) is 9.00. The third-order valence-corrected chi connectivity index (χ3v) is 3.94. The number of hydrogen-bond acceptors (Lipinski definition) is 4. The molecule has 0 aromatic heterocycles. The van der Waals surface area contributed by atoms with E-state index < -0.39 is 0 Å². The maximum absolute atomic E-state index is 6.07. The van der Waals surface area contributed by atoms with Crippen molar-refractivity contribution < 1.29 is 14.2 Å². The lowest BCUT2D eigenvalue weighted by molar-refractivity contribution is 0.408. The van der Waals surface area contributed by atoms with Gasteiger partial charge >= 0.3 is 0 Å². The first-order valence-corrected chi connectivity index (χ1v) is 9.00. The summed E-state index contributed by atoms with van der Waals surface area (Å²) < 4.78 is 17.1. The number of nitrogens with zero attached hydrogens (tertiary/aromatic N) is 1. The molecule has 0 atom stereocenters. The standard InChI is InChI=1S/C24H23NO3/c1-18-9-7-14-23(15-18)28-24(25-20-10-5-4-6-11-20)19(2)17-27-22-13-8-12-21(16-22)26-3/h4-17H,1-3H3. The number of aliphatic imine (C=N–C) groups is 1. The Labute approximate surface area is 165 Å². The van der Waals surface area contributed by atoms with Gasteiger partial charge in [-0.2, -0.15) is 0 Å². The third-order valence-electron chi connectivity index (χ3n) is 3.94. The van der Waals surface area contributed by atoms with Gasteiger partial charge in [0.15, 0.2) is 0 Å².